The van der Waals surface area contributed by atoms with Crippen LogP contribution in [0, 0.1) is 11.7 Å². The van der Waals surface area contributed by atoms with Crippen molar-refractivity contribution in [1.29, 1.82) is 0 Å². The first-order valence-electron chi connectivity index (χ1n) is 10.8. The lowest BCUT2D eigenvalue weighted by Crippen LogP contribution is -2.25. The van der Waals surface area contributed by atoms with E-state index < -0.39 is 0 Å². The summed E-state index contributed by atoms with van der Waals surface area (Å²) in [5.41, 5.74) is 4.56. The third-order valence-corrected chi connectivity index (χ3v) is 6.31. The van der Waals surface area contributed by atoms with Gasteiger partial charge >= 0.3 is 0 Å². The Morgan fingerprint density at radius 3 is 2.23 bits per heavy atom. The molecule has 0 bridgehead atoms. The highest BCUT2D eigenvalue weighted by molar-refractivity contribution is 5.63. The zero-order valence-electron chi connectivity index (χ0n) is 17.0. The molecule has 1 saturated heterocycles. The quantitative estimate of drug-likeness (QED) is 0.434. The van der Waals surface area contributed by atoms with Gasteiger partial charge < -0.3 is 0 Å². The Morgan fingerprint density at radius 2 is 1.53 bits per heavy atom. The van der Waals surface area contributed by atoms with Gasteiger partial charge in [-0.3, -0.25) is 4.84 Å². The molecule has 2 nitrogen and oxygen atoms in total. The van der Waals surface area contributed by atoms with Gasteiger partial charge in [0.25, 0.3) is 0 Å². The summed E-state index contributed by atoms with van der Waals surface area (Å²) >= 11 is 0. The first-order chi connectivity index (χ1) is 14.8. The third kappa shape index (κ3) is 3.90. The van der Waals surface area contributed by atoms with Crippen molar-refractivity contribution in [3.05, 3.63) is 102 Å². The van der Waals surface area contributed by atoms with E-state index in [-0.39, 0.29) is 18.0 Å². The first-order valence-corrected chi connectivity index (χ1v) is 10.8. The van der Waals surface area contributed by atoms with Crippen molar-refractivity contribution in [3.8, 4) is 11.1 Å². The highest BCUT2D eigenvalue weighted by Gasteiger charge is 2.38. The molecule has 5 rings (SSSR count). The Hall–Kier alpha value is -2.91. The van der Waals surface area contributed by atoms with E-state index in [1.54, 1.807) is 0 Å². The van der Waals surface area contributed by atoms with Gasteiger partial charge in [0, 0.05) is 6.42 Å². The Morgan fingerprint density at radius 1 is 0.800 bits per heavy atom. The molecule has 3 aromatic rings. The van der Waals surface area contributed by atoms with Crippen molar-refractivity contribution < 1.29 is 9.23 Å². The molecule has 1 heterocycles. The minimum atomic E-state index is -0.226. The van der Waals surface area contributed by atoms with E-state index in [2.05, 4.69) is 60.7 Å². The predicted molar refractivity (Wildman–Crippen MR) is 119 cm³/mol. The van der Waals surface area contributed by atoms with Crippen LogP contribution < -0.4 is 5.06 Å². The molecule has 0 N–H and O–H groups in total. The molecule has 1 fully saturated rings. The molecule has 1 aliphatic carbocycles. The zero-order valence-corrected chi connectivity index (χ0v) is 17.0. The fraction of sp³-hybridized carbons (Fsp3) is 0.259. The molecule has 152 valence electrons. The van der Waals surface area contributed by atoms with Gasteiger partial charge in [-0.15, -0.1) is 0 Å². The molecule has 3 unspecified atom stereocenters. The van der Waals surface area contributed by atoms with E-state index in [9.17, 15) is 4.39 Å². The molecule has 2 aliphatic rings. The SMILES string of the molecule is Fc1ccc(N2OC(C3CC=CCC3)CC2c2ccc(-c3ccccc3)cc2)cc1. The maximum Gasteiger partial charge on any atom is 0.123 e. The monoisotopic (exact) mass is 399 g/mol. The second kappa shape index (κ2) is 8.45. The summed E-state index contributed by atoms with van der Waals surface area (Å²) in [4.78, 5) is 6.49. The summed E-state index contributed by atoms with van der Waals surface area (Å²) < 4.78 is 13.5. The molecule has 0 amide bonds. The number of hydroxylamine groups is 1. The predicted octanol–water partition coefficient (Wildman–Crippen LogP) is 7.10. The molecule has 0 radical (unpaired) electrons. The second-order valence-electron chi connectivity index (χ2n) is 8.23. The van der Waals surface area contributed by atoms with Gasteiger partial charge in [-0.25, -0.2) is 9.45 Å². The van der Waals surface area contributed by atoms with Crippen molar-refractivity contribution in [2.24, 2.45) is 5.92 Å². The molecule has 30 heavy (non-hydrogen) atoms. The normalized spacial score (nSPS) is 23.6. The van der Waals surface area contributed by atoms with Crippen molar-refractivity contribution in [2.75, 3.05) is 5.06 Å². The lowest BCUT2D eigenvalue weighted by atomic mass is 9.86. The van der Waals surface area contributed by atoms with Crippen LogP contribution in [0.3, 0.4) is 0 Å². The Balaban J connectivity index is 1.44. The average molecular weight is 400 g/mol. The van der Waals surface area contributed by atoms with Crippen LogP contribution in [0.1, 0.15) is 37.3 Å². The van der Waals surface area contributed by atoms with Crippen LogP contribution in [0.15, 0.2) is 91.0 Å². The van der Waals surface area contributed by atoms with Gasteiger partial charge in [0.05, 0.1) is 17.8 Å². The van der Waals surface area contributed by atoms with Gasteiger partial charge in [-0.1, -0.05) is 66.7 Å². The standard InChI is InChI=1S/C27H26FNO/c28-24-15-17-25(18-16-24)29-26(19-27(30-29)23-9-5-2-6-10-23)22-13-11-21(12-14-22)20-7-3-1-4-8-20/h1-5,7-8,11-18,23,26-27H,6,9-10,19H2. The molecule has 3 atom stereocenters. The number of halogens is 1. The Bertz CT molecular complexity index is 997. The summed E-state index contributed by atoms with van der Waals surface area (Å²) in [5, 5.41) is 2.00. The van der Waals surface area contributed by atoms with Crippen LogP contribution in [-0.4, -0.2) is 6.10 Å². The summed E-state index contributed by atoms with van der Waals surface area (Å²) in [5.74, 6) is 0.308. The minimum Gasteiger partial charge on any atom is -0.269 e. The van der Waals surface area contributed by atoms with Gasteiger partial charge in [-0.05, 0) is 66.1 Å². The van der Waals surface area contributed by atoms with Crippen molar-refractivity contribution >= 4 is 5.69 Å². The minimum absolute atomic E-state index is 0.121. The summed E-state index contributed by atoms with van der Waals surface area (Å²) in [6, 6.07) is 26.0. The van der Waals surface area contributed by atoms with Crippen molar-refractivity contribution in [3.63, 3.8) is 0 Å². The number of anilines is 1. The van der Waals surface area contributed by atoms with Crippen molar-refractivity contribution in [2.45, 2.75) is 37.8 Å². The van der Waals surface area contributed by atoms with Gasteiger partial charge in [0.1, 0.15) is 5.82 Å². The van der Waals surface area contributed by atoms with E-state index in [1.165, 1.54) is 28.8 Å². The molecule has 0 spiro atoms. The smallest absolute Gasteiger partial charge is 0.123 e. The van der Waals surface area contributed by atoms with Crippen LogP contribution in [0.4, 0.5) is 10.1 Å². The fourth-order valence-corrected chi connectivity index (χ4v) is 4.64. The lowest BCUT2D eigenvalue weighted by Gasteiger charge is -2.27. The molecule has 0 saturated carbocycles. The van der Waals surface area contributed by atoms with Crippen LogP contribution >= 0.6 is 0 Å². The molecular formula is C27H26FNO. The summed E-state index contributed by atoms with van der Waals surface area (Å²) in [6.07, 6.45) is 9.03. The highest BCUT2D eigenvalue weighted by atomic mass is 19.1. The van der Waals surface area contributed by atoms with E-state index in [0.29, 0.717) is 5.92 Å². The fourth-order valence-electron chi connectivity index (χ4n) is 4.64. The van der Waals surface area contributed by atoms with Crippen LogP contribution in [0.2, 0.25) is 0 Å². The topological polar surface area (TPSA) is 12.5 Å². The van der Waals surface area contributed by atoms with E-state index in [0.717, 1.165) is 31.4 Å². The van der Waals surface area contributed by atoms with Crippen LogP contribution in [0.25, 0.3) is 11.1 Å². The number of nitrogens with zero attached hydrogens (tertiary/aromatic N) is 1. The van der Waals surface area contributed by atoms with Gasteiger partial charge in [0.15, 0.2) is 0 Å². The molecule has 1 aliphatic heterocycles. The Labute approximate surface area is 177 Å². The van der Waals surface area contributed by atoms with Crippen LogP contribution in [-0.2, 0) is 4.84 Å². The summed E-state index contributed by atoms with van der Waals surface area (Å²) in [6.45, 7) is 0. The number of hydrogen-bond acceptors (Lipinski definition) is 2. The lowest BCUT2D eigenvalue weighted by molar-refractivity contribution is 0.0390. The van der Waals surface area contributed by atoms with Gasteiger partial charge in [-0.2, -0.15) is 0 Å². The van der Waals surface area contributed by atoms with E-state index in [4.69, 9.17) is 4.84 Å². The van der Waals surface area contributed by atoms with Crippen LogP contribution in [0.5, 0.6) is 0 Å². The first kappa shape index (κ1) is 19.1. The number of rotatable bonds is 4. The van der Waals surface area contributed by atoms with E-state index in [1.807, 2.05) is 23.3 Å². The zero-order chi connectivity index (χ0) is 20.3. The highest BCUT2D eigenvalue weighted by Crippen LogP contribution is 2.42. The third-order valence-electron chi connectivity index (χ3n) is 6.31. The summed E-state index contributed by atoms with van der Waals surface area (Å²) in [7, 11) is 0. The van der Waals surface area contributed by atoms with E-state index >= 15 is 0 Å². The Kier molecular flexibility index (Phi) is 5.37. The average Bonchev–Trinajstić information content (AvgIpc) is 3.26. The number of allylic oxidation sites excluding steroid dienone is 2. The molecule has 3 heteroatoms. The maximum atomic E-state index is 13.5. The maximum absolute atomic E-state index is 13.5. The molecule has 0 aromatic heterocycles. The van der Waals surface area contributed by atoms with Gasteiger partial charge in [0.2, 0.25) is 0 Å². The largest absolute Gasteiger partial charge is 0.269 e. The number of hydrogen-bond donors (Lipinski definition) is 0. The molecule has 3 aromatic carbocycles. The second-order valence-corrected chi connectivity index (χ2v) is 8.23. The molecular weight excluding hydrogens is 373 g/mol. The van der Waals surface area contributed by atoms with Crippen molar-refractivity contribution in [1.82, 2.24) is 0 Å². The number of benzene rings is 3.